The van der Waals surface area contributed by atoms with Gasteiger partial charge in [0.05, 0.1) is 15.9 Å². The number of hydrogen-bond donors (Lipinski definition) is 0. The van der Waals surface area contributed by atoms with Crippen LogP contribution in [0, 0.1) is 13.8 Å². The molecule has 0 amide bonds. The smallest absolute Gasteiger partial charge is 0.133 e. The number of rotatable bonds is 5. The highest BCUT2D eigenvalue weighted by Crippen LogP contribution is 2.37. The Kier molecular flexibility index (Phi) is 5.88. The summed E-state index contributed by atoms with van der Waals surface area (Å²) in [5.74, 6) is 0.904. The maximum absolute atomic E-state index is 5.71. The first-order valence-electron chi connectivity index (χ1n) is 7.16. The largest absolute Gasteiger partial charge is 0.492 e. The second-order valence-electron chi connectivity index (χ2n) is 5.26. The van der Waals surface area contributed by atoms with Gasteiger partial charge >= 0.3 is 0 Å². The van der Waals surface area contributed by atoms with E-state index in [0.717, 1.165) is 23.2 Å². The Hall–Kier alpha value is -0.800. The van der Waals surface area contributed by atoms with Crippen molar-refractivity contribution in [3.05, 3.63) is 63.1 Å². The average Bonchev–Trinajstić information content (AvgIpc) is 2.47. The van der Waals surface area contributed by atoms with Crippen molar-refractivity contribution < 1.29 is 4.74 Å². The monoisotopic (exact) mass is 410 g/mol. The van der Waals surface area contributed by atoms with Crippen LogP contribution in [0.2, 0.25) is 0 Å². The number of alkyl halides is 1. The Bertz CT molecular complexity index is 623. The first-order chi connectivity index (χ1) is 10.0. The second kappa shape index (κ2) is 7.46. The lowest BCUT2D eigenvalue weighted by atomic mass is 9.98. The lowest BCUT2D eigenvalue weighted by Crippen LogP contribution is -1.99. The topological polar surface area (TPSA) is 9.23 Å². The van der Waals surface area contributed by atoms with E-state index in [-0.39, 0.29) is 4.83 Å². The maximum atomic E-state index is 5.71. The molecule has 0 radical (unpaired) electrons. The fourth-order valence-corrected chi connectivity index (χ4v) is 3.51. The van der Waals surface area contributed by atoms with Crippen molar-refractivity contribution >= 4 is 31.9 Å². The number of aryl methyl sites for hydroxylation is 2. The van der Waals surface area contributed by atoms with Crippen molar-refractivity contribution in [2.24, 2.45) is 0 Å². The van der Waals surface area contributed by atoms with Gasteiger partial charge in [0.1, 0.15) is 5.75 Å². The fourth-order valence-electron chi connectivity index (χ4n) is 2.22. The van der Waals surface area contributed by atoms with Crippen LogP contribution in [0.5, 0.6) is 5.75 Å². The van der Waals surface area contributed by atoms with Crippen molar-refractivity contribution in [2.45, 2.75) is 32.0 Å². The van der Waals surface area contributed by atoms with Crippen molar-refractivity contribution in [3.63, 3.8) is 0 Å². The lowest BCUT2D eigenvalue weighted by Gasteiger charge is -2.16. The molecule has 0 saturated carbocycles. The van der Waals surface area contributed by atoms with E-state index in [1.165, 1.54) is 22.3 Å². The quantitative estimate of drug-likeness (QED) is 0.521. The molecule has 0 aliphatic carbocycles. The fraction of sp³-hybridized carbons (Fsp3) is 0.333. The van der Waals surface area contributed by atoms with E-state index in [4.69, 9.17) is 4.74 Å². The molecule has 2 aromatic carbocycles. The highest BCUT2D eigenvalue weighted by atomic mass is 79.9. The zero-order valence-corrected chi connectivity index (χ0v) is 15.8. The lowest BCUT2D eigenvalue weighted by molar-refractivity contribution is 0.315. The highest BCUT2D eigenvalue weighted by Gasteiger charge is 2.14. The van der Waals surface area contributed by atoms with Crippen LogP contribution in [-0.2, 0) is 0 Å². The first-order valence-corrected chi connectivity index (χ1v) is 8.87. The van der Waals surface area contributed by atoms with Crippen LogP contribution in [0.25, 0.3) is 0 Å². The SMILES string of the molecule is CCCOc1ccc(C(Br)c2cc(C)ccc2C)cc1Br. The average molecular weight is 412 g/mol. The number of benzene rings is 2. The van der Waals surface area contributed by atoms with Crippen LogP contribution in [-0.4, -0.2) is 6.61 Å². The van der Waals surface area contributed by atoms with Gasteiger partial charge in [-0.15, -0.1) is 0 Å². The van der Waals surface area contributed by atoms with Crippen molar-refractivity contribution in [2.75, 3.05) is 6.61 Å². The summed E-state index contributed by atoms with van der Waals surface area (Å²) in [6, 6.07) is 12.9. The zero-order valence-electron chi connectivity index (χ0n) is 12.6. The molecule has 1 unspecified atom stereocenters. The van der Waals surface area contributed by atoms with E-state index < -0.39 is 0 Å². The number of ether oxygens (including phenoxy) is 1. The molecule has 2 aromatic rings. The predicted octanol–water partition coefficient (Wildman–Crippen LogP) is 6.34. The number of halogens is 2. The predicted molar refractivity (Wildman–Crippen MR) is 96.6 cm³/mol. The first kappa shape index (κ1) is 16.6. The molecule has 0 N–H and O–H groups in total. The zero-order chi connectivity index (χ0) is 15.4. The summed E-state index contributed by atoms with van der Waals surface area (Å²) in [4.78, 5) is 0.189. The van der Waals surface area contributed by atoms with Gasteiger partial charge in [0.2, 0.25) is 0 Å². The van der Waals surface area contributed by atoms with Crippen LogP contribution in [0.4, 0.5) is 0 Å². The van der Waals surface area contributed by atoms with E-state index in [9.17, 15) is 0 Å². The van der Waals surface area contributed by atoms with Gasteiger partial charge in [0.15, 0.2) is 0 Å². The van der Waals surface area contributed by atoms with Gasteiger partial charge < -0.3 is 4.74 Å². The Balaban J connectivity index is 2.29. The molecular formula is C18H20Br2O. The van der Waals surface area contributed by atoms with E-state index in [1.807, 2.05) is 6.07 Å². The van der Waals surface area contributed by atoms with Crippen LogP contribution < -0.4 is 4.74 Å². The number of hydrogen-bond acceptors (Lipinski definition) is 1. The van der Waals surface area contributed by atoms with Gasteiger partial charge in [0, 0.05) is 0 Å². The maximum Gasteiger partial charge on any atom is 0.133 e. The molecule has 1 atom stereocenters. The molecule has 0 aliphatic rings. The van der Waals surface area contributed by atoms with Crippen molar-refractivity contribution in [3.8, 4) is 5.75 Å². The third-order valence-electron chi connectivity index (χ3n) is 3.42. The van der Waals surface area contributed by atoms with E-state index in [0.29, 0.717) is 0 Å². The third-order valence-corrected chi connectivity index (χ3v) is 5.06. The molecule has 0 saturated heterocycles. The van der Waals surface area contributed by atoms with Gasteiger partial charge in [-0.25, -0.2) is 0 Å². The van der Waals surface area contributed by atoms with Gasteiger partial charge in [-0.1, -0.05) is 52.7 Å². The van der Waals surface area contributed by atoms with E-state index in [1.54, 1.807) is 0 Å². The molecule has 0 aliphatic heterocycles. The van der Waals surface area contributed by atoms with Crippen LogP contribution >= 0.6 is 31.9 Å². The minimum atomic E-state index is 0.189. The Labute approximate surface area is 144 Å². The summed E-state index contributed by atoms with van der Waals surface area (Å²) >= 11 is 7.43. The van der Waals surface area contributed by atoms with Gasteiger partial charge in [0.25, 0.3) is 0 Å². The molecule has 2 rings (SSSR count). The molecule has 0 fully saturated rings. The second-order valence-corrected chi connectivity index (χ2v) is 7.03. The Morgan fingerprint density at radius 1 is 1.10 bits per heavy atom. The molecule has 112 valence electrons. The van der Waals surface area contributed by atoms with Crippen LogP contribution in [0.1, 0.15) is 40.4 Å². The molecule has 0 bridgehead atoms. The normalized spacial score (nSPS) is 12.2. The molecule has 21 heavy (non-hydrogen) atoms. The standard InChI is InChI=1S/C18H20Br2O/c1-4-9-21-17-8-7-14(11-16(17)19)18(20)15-10-12(2)5-6-13(15)3/h5-8,10-11,18H,4,9H2,1-3H3. The molecule has 0 aromatic heterocycles. The highest BCUT2D eigenvalue weighted by molar-refractivity contribution is 9.10. The summed E-state index contributed by atoms with van der Waals surface area (Å²) < 4.78 is 6.71. The molecular weight excluding hydrogens is 392 g/mol. The summed E-state index contributed by atoms with van der Waals surface area (Å²) in [6.07, 6.45) is 1.01. The van der Waals surface area contributed by atoms with E-state index in [2.05, 4.69) is 83.0 Å². The summed E-state index contributed by atoms with van der Waals surface area (Å²) in [5.41, 5.74) is 5.11. The summed E-state index contributed by atoms with van der Waals surface area (Å²) in [6.45, 7) is 7.13. The van der Waals surface area contributed by atoms with Gasteiger partial charge in [-0.2, -0.15) is 0 Å². The minimum Gasteiger partial charge on any atom is -0.492 e. The molecule has 0 spiro atoms. The minimum absolute atomic E-state index is 0.189. The molecule has 3 heteroatoms. The molecule has 1 nitrogen and oxygen atoms in total. The third kappa shape index (κ3) is 4.10. The summed E-state index contributed by atoms with van der Waals surface area (Å²) in [5, 5.41) is 0. The van der Waals surface area contributed by atoms with Crippen LogP contribution in [0.15, 0.2) is 40.9 Å². The van der Waals surface area contributed by atoms with Gasteiger partial charge in [-0.3, -0.25) is 0 Å². The summed E-state index contributed by atoms with van der Waals surface area (Å²) in [7, 11) is 0. The Morgan fingerprint density at radius 3 is 2.52 bits per heavy atom. The Morgan fingerprint density at radius 2 is 1.86 bits per heavy atom. The van der Waals surface area contributed by atoms with E-state index >= 15 is 0 Å². The molecule has 0 heterocycles. The van der Waals surface area contributed by atoms with Crippen molar-refractivity contribution in [1.82, 2.24) is 0 Å². The van der Waals surface area contributed by atoms with Crippen LogP contribution in [0.3, 0.4) is 0 Å². The van der Waals surface area contributed by atoms with Crippen molar-refractivity contribution in [1.29, 1.82) is 0 Å². The van der Waals surface area contributed by atoms with Gasteiger partial charge in [-0.05, 0) is 65.0 Å².